The van der Waals surface area contributed by atoms with Crippen LogP contribution in [-0.2, 0) is 4.79 Å². The first-order chi connectivity index (χ1) is 15.5. The van der Waals surface area contributed by atoms with Crippen LogP contribution in [0.1, 0.15) is 22.5 Å². The summed E-state index contributed by atoms with van der Waals surface area (Å²) < 4.78 is 5.59. The van der Waals surface area contributed by atoms with E-state index in [1.807, 2.05) is 68.4 Å². The molecular formula is C26H22N4O2. The highest BCUT2D eigenvalue weighted by atomic mass is 16.5. The number of para-hydroxylation sites is 2. The highest BCUT2D eigenvalue weighted by Gasteiger charge is 2.08. The molecule has 0 saturated carbocycles. The number of allylic oxidation sites excluding steroid dienone is 1. The van der Waals surface area contributed by atoms with Gasteiger partial charge in [0.1, 0.15) is 17.6 Å². The fourth-order valence-electron chi connectivity index (χ4n) is 3.23. The van der Waals surface area contributed by atoms with E-state index in [1.165, 1.54) is 5.56 Å². The van der Waals surface area contributed by atoms with E-state index < -0.39 is 0 Å². The van der Waals surface area contributed by atoms with E-state index in [9.17, 15) is 10.1 Å². The van der Waals surface area contributed by atoms with Crippen molar-refractivity contribution in [3.05, 3.63) is 89.2 Å². The lowest BCUT2D eigenvalue weighted by Gasteiger charge is -2.09. The molecule has 0 aliphatic rings. The lowest BCUT2D eigenvalue weighted by atomic mass is 10.1. The van der Waals surface area contributed by atoms with Crippen molar-refractivity contribution in [2.45, 2.75) is 13.8 Å². The molecule has 32 heavy (non-hydrogen) atoms. The Kier molecular flexibility index (Phi) is 6.00. The van der Waals surface area contributed by atoms with Crippen molar-refractivity contribution in [2.75, 3.05) is 11.9 Å². The quantitative estimate of drug-likeness (QED) is 0.415. The van der Waals surface area contributed by atoms with Gasteiger partial charge in [-0.1, -0.05) is 30.3 Å². The van der Waals surface area contributed by atoms with Crippen LogP contribution in [0, 0.1) is 25.2 Å². The summed E-state index contributed by atoms with van der Waals surface area (Å²) in [6.07, 6.45) is 1.76. The fourth-order valence-corrected chi connectivity index (χ4v) is 3.23. The molecule has 2 N–H and O–H groups in total. The third-order valence-electron chi connectivity index (χ3n) is 5.12. The van der Waals surface area contributed by atoms with Crippen molar-refractivity contribution in [3.8, 4) is 11.8 Å². The van der Waals surface area contributed by atoms with Crippen LogP contribution in [0.3, 0.4) is 0 Å². The Labute approximate surface area is 186 Å². The molecule has 0 aliphatic carbocycles. The second kappa shape index (κ2) is 9.19. The van der Waals surface area contributed by atoms with Gasteiger partial charge in [0, 0.05) is 5.69 Å². The molecule has 1 amide bonds. The molecule has 0 bridgehead atoms. The van der Waals surface area contributed by atoms with Gasteiger partial charge in [-0.05, 0) is 73.0 Å². The summed E-state index contributed by atoms with van der Waals surface area (Å²) in [4.78, 5) is 19.8. The molecule has 0 atom stereocenters. The topological polar surface area (TPSA) is 90.8 Å². The van der Waals surface area contributed by atoms with E-state index in [1.54, 1.807) is 18.2 Å². The molecule has 0 spiro atoms. The molecule has 4 rings (SSSR count). The summed E-state index contributed by atoms with van der Waals surface area (Å²) in [6, 6.07) is 22.8. The van der Waals surface area contributed by atoms with Crippen molar-refractivity contribution in [2.24, 2.45) is 0 Å². The molecule has 3 aromatic carbocycles. The minimum Gasteiger partial charge on any atom is -0.484 e. The fraction of sp³-hybridized carbons (Fsp3) is 0.115. The molecule has 6 heteroatoms. The van der Waals surface area contributed by atoms with E-state index in [4.69, 9.17) is 4.74 Å². The van der Waals surface area contributed by atoms with Crippen LogP contribution in [0.2, 0.25) is 0 Å². The first kappa shape index (κ1) is 20.9. The number of nitrogens with one attached hydrogen (secondary N) is 2. The Bertz CT molecular complexity index is 1310. The standard InChI is InChI=1S/C26H22N4O2/c1-17-7-10-21(13-18(17)2)28-25(31)16-32-22-11-8-19(9-12-22)14-20(15-27)26-29-23-5-3-4-6-24(23)30-26/h3-14H,16H2,1-2H3,(H,28,31)(H,29,30)/b20-14-. The Hall–Kier alpha value is -4.37. The normalized spacial score (nSPS) is 11.2. The maximum Gasteiger partial charge on any atom is 0.262 e. The van der Waals surface area contributed by atoms with Gasteiger partial charge in [0.25, 0.3) is 5.91 Å². The third kappa shape index (κ3) is 4.85. The zero-order chi connectivity index (χ0) is 22.5. The van der Waals surface area contributed by atoms with Crippen LogP contribution in [0.4, 0.5) is 5.69 Å². The summed E-state index contributed by atoms with van der Waals surface area (Å²) in [7, 11) is 0. The van der Waals surface area contributed by atoms with Crippen LogP contribution in [-0.4, -0.2) is 22.5 Å². The van der Waals surface area contributed by atoms with Gasteiger partial charge in [-0.2, -0.15) is 5.26 Å². The molecule has 1 aromatic heterocycles. The summed E-state index contributed by atoms with van der Waals surface area (Å²) in [5.74, 6) is 0.866. The number of benzene rings is 3. The highest BCUT2D eigenvalue weighted by Crippen LogP contribution is 2.21. The van der Waals surface area contributed by atoms with Crippen LogP contribution in [0.5, 0.6) is 5.75 Å². The van der Waals surface area contributed by atoms with Crippen LogP contribution < -0.4 is 10.1 Å². The lowest BCUT2D eigenvalue weighted by Crippen LogP contribution is -2.20. The van der Waals surface area contributed by atoms with E-state index in [0.29, 0.717) is 17.1 Å². The summed E-state index contributed by atoms with van der Waals surface area (Å²) in [5.41, 5.74) is 5.99. The van der Waals surface area contributed by atoms with Gasteiger partial charge in [0.15, 0.2) is 6.61 Å². The predicted octanol–water partition coefficient (Wildman–Crippen LogP) is 5.26. The number of anilines is 1. The number of hydrogen-bond acceptors (Lipinski definition) is 4. The number of aromatic nitrogens is 2. The first-order valence-corrected chi connectivity index (χ1v) is 10.2. The Morgan fingerprint density at radius 2 is 1.88 bits per heavy atom. The van der Waals surface area contributed by atoms with Crippen molar-refractivity contribution < 1.29 is 9.53 Å². The molecule has 6 nitrogen and oxygen atoms in total. The number of fused-ring (bicyclic) bond motifs is 1. The number of aromatic amines is 1. The molecule has 1 heterocycles. The van der Waals surface area contributed by atoms with Crippen molar-refractivity contribution in [1.29, 1.82) is 5.26 Å². The number of carbonyl (C=O) groups excluding carboxylic acids is 1. The largest absolute Gasteiger partial charge is 0.484 e. The van der Waals surface area contributed by atoms with Crippen LogP contribution in [0.15, 0.2) is 66.7 Å². The van der Waals surface area contributed by atoms with Crippen LogP contribution >= 0.6 is 0 Å². The Morgan fingerprint density at radius 3 is 2.59 bits per heavy atom. The average molecular weight is 422 g/mol. The van der Waals surface area contributed by atoms with E-state index in [2.05, 4.69) is 21.4 Å². The monoisotopic (exact) mass is 422 g/mol. The summed E-state index contributed by atoms with van der Waals surface area (Å²) in [6.45, 7) is 3.94. The zero-order valence-electron chi connectivity index (χ0n) is 17.8. The summed E-state index contributed by atoms with van der Waals surface area (Å²) >= 11 is 0. The highest BCUT2D eigenvalue weighted by molar-refractivity contribution is 5.92. The van der Waals surface area contributed by atoms with Gasteiger partial charge >= 0.3 is 0 Å². The minimum atomic E-state index is -0.228. The number of ether oxygens (including phenoxy) is 1. The van der Waals surface area contributed by atoms with E-state index in [0.717, 1.165) is 27.8 Å². The number of imidazole rings is 1. The Balaban J connectivity index is 1.39. The van der Waals surface area contributed by atoms with Crippen molar-refractivity contribution >= 4 is 34.3 Å². The molecule has 0 fully saturated rings. The number of H-pyrrole nitrogens is 1. The third-order valence-corrected chi connectivity index (χ3v) is 5.12. The Morgan fingerprint density at radius 1 is 1.09 bits per heavy atom. The molecule has 0 radical (unpaired) electrons. The van der Waals surface area contributed by atoms with Gasteiger partial charge in [0.05, 0.1) is 16.6 Å². The van der Waals surface area contributed by atoms with E-state index in [-0.39, 0.29) is 12.5 Å². The number of hydrogen-bond donors (Lipinski definition) is 2. The van der Waals surface area contributed by atoms with E-state index >= 15 is 0 Å². The first-order valence-electron chi connectivity index (χ1n) is 10.2. The maximum atomic E-state index is 12.2. The molecule has 0 saturated heterocycles. The minimum absolute atomic E-state index is 0.0927. The second-order valence-corrected chi connectivity index (χ2v) is 7.48. The predicted molar refractivity (Wildman–Crippen MR) is 126 cm³/mol. The molecule has 0 aliphatic heterocycles. The summed E-state index contributed by atoms with van der Waals surface area (Å²) in [5, 5.41) is 12.4. The van der Waals surface area contributed by atoms with Crippen molar-refractivity contribution in [3.63, 3.8) is 0 Å². The van der Waals surface area contributed by atoms with Gasteiger partial charge < -0.3 is 15.0 Å². The van der Waals surface area contributed by atoms with Crippen molar-refractivity contribution in [1.82, 2.24) is 9.97 Å². The van der Waals surface area contributed by atoms with Gasteiger partial charge in [-0.3, -0.25) is 4.79 Å². The number of amides is 1. The van der Waals surface area contributed by atoms with Gasteiger partial charge in [-0.25, -0.2) is 4.98 Å². The number of carbonyl (C=O) groups is 1. The average Bonchev–Trinajstić information content (AvgIpc) is 3.23. The van der Waals surface area contributed by atoms with Crippen LogP contribution in [0.25, 0.3) is 22.7 Å². The smallest absolute Gasteiger partial charge is 0.262 e. The molecule has 0 unspecified atom stereocenters. The maximum absolute atomic E-state index is 12.2. The van der Waals surface area contributed by atoms with Gasteiger partial charge in [0.2, 0.25) is 0 Å². The SMILES string of the molecule is Cc1ccc(NC(=O)COc2ccc(/C=C(/C#N)c3nc4ccccc4[nH]3)cc2)cc1C. The number of rotatable bonds is 6. The second-order valence-electron chi connectivity index (χ2n) is 7.48. The molecule has 4 aromatic rings. The number of aryl methyl sites for hydroxylation is 2. The molecule has 158 valence electrons. The molecular weight excluding hydrogens is 400 g/mol. The zero-order valence-corrected chi connectivity index (χ0v) is 17.8. The lowest BCUT2D eigenvalue weighted by molar-refractivity contribution is -0.118. The van der Waals surface area contributed by atoms with Gasteiger partial charge in [-0.15, -0.1) is 0 Å². The number of nitrogens with zero attached hydrogens (tertiary/aromatic N) is 2. The number of nitriles is 1.